The molecular weight excluding hydrogens is 196 g/mol. The molecule has 0 amide bonds. The maximum absolute atomic E-state index is 9.03. The Hall–Kier alpha value is -1.59. The molecule has 82 valence electrons. The van der Waals surface area contributed by atoms with Crippen molar-refractivity contribution in [2.24, 2.45) is 0 Å². The Labute approximate surface area is 96.8 Å². The maximum atomic E-state index is 9.03. The Morgan fingerprint density at radius 1 is 1.25 bits per heavy atom. The predicted molar refractivity (Wildman–Crippen MR) is 64.9 cm³/mol. The van der Waals surface area contributed by atoms with Crippen molar-refractivity contribution < 1.29 is 0 Å². The Morgan fingerprint density at radius 3 is 2.81 bits per heavy atom. The van der Waals surface area contributed by atoms with Crippen molar-refractivity contribution in [2.75, 3.05) is 13.1 Å². The van der Waals surface area contributed by atoms with Crippen molar-refractivity contribution in [1.82, 2.24) is 4.90 Å². The first-order chi connectivity index (χ1) is 7.90. The molecule has 2 rings (SSSR count). The topological polar surface area (TPSA) is 27.0 Å². The smallest absolute Gasteiger partial charge is 0.101 e. The Balaban J connectivity index is 1.90. The van der Waals surface area contributed by atoms with Crippen LogP contribution in [-0.4, -0.2) is 24.0 Å². The van der Waals surface area contributed by atoms with Gasteiger partial charge in [0.15, 0.2) is 0 Å². The number of rotatable bonds is 3. The second kappa shape index (κ2) is 5.48. The van der Waals surface area contributed by atoms with E-state index < -0.39 is 0 Å². The summed E-state index contributed by atoms with van der Waals surface area (Å²) in [6.07, 6.45) is 6.14. The molecule has 2 heteroatoms. The first-order valence-corrected chi connectivity index (χ1v) is 5.73. The van der Waals surface area contributed by atoms with Gasteiger partial charge in [0.1, 0.15) is 6.04 Å². The summed E-state index contributed by atoms with van der Waals surface area (Å²) in [4.78, 5) is 2.24. The zero-order chi connectivity index (χ0) is 11.2. The molecule has 1 aliphatic heterocycles. The number of benzene rings is 1. The molecular formula is C14H16N2. The second-order valence-corrected chi connectivity index (χ2v) is 4.08. The van der Waals surface area contributed by atoms with E-state index in [1.165, 1.54) is 5.56 Å². The summed E-state index contributed by atoms with van der Waals surface area (Å²) in [5.41, 5.74) is 1.34. The molecule has 0 radical (unpaired) electrons. The SMILES string of the molecule is N#C[C@@H]1CC=CCN1CCc1ccccc1. The normalized spacial score (nSPS) is 20.6. The molecule has 0 fully saturated rings. The molecule has 1 aromatic carbocycles. The molecule has 16 heavy (non-hydrogen) atoms. The van der Waals surface area contributed by atoms with Crippen LogP contribution in [-0.2, 0) is 6.42 Å². The first-order valence-electron chi connectivity index (χ1n) is 5.73. The van der Waals surface area contributed by atoms with Crippen LogP contribution in [0, 0.1) is 11.3 Å². The van der Waals surface area contributed by atoms with Crippen molar-refractivity contribution in [3.63, 3.8) is 0 Å². The largest absolute Gasteiger partial charge is 0.284 e. The molecule has 0 spiro atoms. The quantitative estimate of drug-likeness (QED) is 0.719. The fourth-order valence-electron chi connectivity index (χ4n) is 2.01. The fourth-order valence-corrected chi connectivity index (χ4v) is 2.01. The molecule has 0 aromatic heterocycles. The molecule has 0 saturated carbocycles. The highest BCUT2D eigenvalue weighted by Gasteiger charge is 2.17. The Bertz CT molecular complexity index is 389. The van der Waals surface area contributed by atoms with Gasteiger partial charge in [0.25, 0.3) is 0 Å². The number of nitriles is 1. The molecule has 0 N–H and O–H groups in total. The predicted octanol–water partition coefficient (Wildman–Crippen LogP) is 2.38. The van der Waals surface area contributed by atoms with E-state index in [1.807, 2.05) is 6.07 Å². The molecule has 1 heterocycles. The second-order valence-electron chi connectivity index (χ2n) is 4.08. The molecule has 1 aromatic rings. The lowest BCUT2D eigenvalue weighted by Gasteiger charge is -2.27. The minimum absolute atomic E-state index is 0.0636. The van der Waals surface area contributed by atoms with Crippen LogP contribution < -0.4 is 0 Å². The van der Waals surface area contributed by atoms with Crippen molar-refractivity contribution in [3.8, 4) is 6.07 Å². The molecule has 0 saturated heterocycles. The standard InChI is InChI=1S/C14H16N2/c15-12-14-8-4-5-10-16(14)11-9-13-6-2-1-3-7-13/h1-7,14H,8-11H2/t14-/m0/s1. The number of hydrogen-bond donors (Lipinski definition) is 0. The molecule has 0 aliphatic carbocycles. The van der Waals surface area contributed by atoms with Gasteiger partial charge in [-0.3, -0.25) is 4.90 Å². The average Bonchev–Trinajstić information content (AvgIpc) is 2.38. The summed E-state index contributed by atoms with van der Waals surface area (Å²) < 4.78 is 0. The number of hydrogen-bond acceptors (Lipinski definition) is 2. The van der Waals surface area contributed by atoms with E-state index in [0.717, 1.165) is 25.9 Å². The van der Waals surface area contributed by atoms with Gasteiger partial charge in [-0.2, -0.15) is 5.26 Å². The lowest BCUT2D eigenvalue weighted by Crippen LogP contribution is -2.37. The van der Waals surface area contributed by atoms with Crippen LogP contribution in [0.1, 0.15) is 12.0 Å². The zero-order valence-corrected chi connectivity index (χ0v) is 9.34. The molecule has 1 atom stereocenters. The number of nitrogens with zero attached hydrogens (tertiary/aromatic N) is 2. The minimum Gasteiger partial charge on any atom is -0.284 e. The van der Waals surface area contributed by atoms with E-state index in [9.17, 15) is 0 Å². The Kier molecular flexibility index (Phi) is 3.74. The zero-order valence-electron chi connectivity index (χ0n) is 9.34. The van der Waals surface area contributed by atoms with E-state index in [2.05, 4.69) is 47.4 Å². The Morgan fingerprint density at radius 2 is 2.06 bits per heavy atom. The molecule has 0 bridgehead atoms. The van der Waals surface area contributed by atoms with Gasteiger partial charge in [-0.15, -0.1) is 0 Å². The molecule has 0 unspecified atom stereocenters. The highest BCUT2D eigenvalue weighted by atomic mass is 15.1. The monoisotopic (exact) mass is 212 g/mol. The van der Waals surface area contributed by atoms with Gasteiger partial charge in [-0.05, 0) is 18.4 Å². The highest BCUT2D eigenvalue weighted by Crippen LogP contribution is 2.11. The summed E-state index contributed by atoms with van der Waals surface area (Å²) in [5.74, 6) is 0. The lowest BCUT2D eigenvalue weighted by molar-refractivity contribution is 0.253. The van der Waals surface area contributed by atoms with E-state index in [4.69, 9.17) is 5.26 Å². The van der Waals surface area contributed by atoms with E-state index in [0.29, 0.717) is 0 Å². The lowest BCUT2D eigenvalue weighted by atomic mass is 10.1. The maximum Gasteiger partial charge on any atom is 0.101 e. The van der Waals surface area contributed by atoms with Crippen LogP contribution in [0.4, 0.5) is 0 Å². The van der Waals surface area contributed by atoms with Crippen molar-refractivity contribution in [3.05, 3.63) is 48.0 Å². The van der Waals surface area contributed by atoms with Gasteiger partial charge in [-0.1, -0.05) is 42.5 Å². The van der Waals surface area contributed by atoms with Gasteiger partial charge in [-0.25, -0.2) is 0 Å². The third kappa shape index (κ3) is 2.71. The van der Waals surface area contributed by atoms with Crippen LogP contribution in [0.5, 0.6) is 0 Å². The van der Waals surface area contributed by atoms with Crippen LogP contribution in [0.25, 0.3) is 0 Å². The van der Waals surface area contributed by atoms with E-state index in [1.54, 1.807) is 0 Å². The molecule has 1 aliphatic rings. The minimum atomic E-state index is 0.0636. The van der Waals surface area contributed by atoms with Gasteiger partial charge >= 0.3 is 0 Å². The van der Waals surface area contributed by atoms with Gasteiger partial charge in [0, 0.05) is 13.1 Å². The van der Waals surface area contributed by atoms with Gasteiger partial charge < -0.3 is 0 Å². The fraction of sp³-hybridized carbons (Fsp3) is 0.357. The third-order valence-electron chi connectivity index (χ3n) is 2.99. The van der Waals surface area contributed by atoms with Crippen molar-refractivity contribution in [2.45, 2.75) is 18.9 Å². The molecule has 2 nitrogen and oxygen atoms in total. The van der Waals surface area contributed by atoms with Crippen LogP contribution in [0.15, 0.2) is 42.5 Å². The first kappa shape index (κ1) is 10.9. The summed E-state index contributed by atoms with van der Waals surface area (Å²) in [7, 11) is 0. The van der Waals surface area contributed by atoms with Crippen LogP contribution in [0.3, 0.4) is 0 Å². The van der Waals surface area contributed by atoms with Crippen molar-refractivity contribution >= 4 is 0 Å². The average molecular weight is 212 g/mol. The van der Waals surface area contributed by atoms with Crippen molar-refractivity contribution in [1.29, 1.82) is 5.26 Å². The summed E-state index contributed by atoms with van der Waals surface area (Å²) >= 11 is 0. The van der Waals surface area contributed by atoms with Crippen LogP contribution >= 0.6 is 0 Å². The summed E-state index contributed by atoms with van der Waals surface area (Å²) in [5, 5.41) is 9.03. The third-order valence-corrected chi connectivity index (χ3v) is 2.99. The van der Waals surface area contributed by atoms with Gasteiger partial charge in [0.2, 0.25) is 0 Å². The summed E-state index contributed by atoms with van der Waals surface area (Å²) in [6, 6.07) is 12.9. The highest BCUT2D eigenvalue weighted by molar-refractivity contribution is 5.15. The summed E-state index contributed by atoms with van der Waals surface area (Å²) in [6.45, 7) is 1.87. The van der Waals surface area contributed by atoms with Gasteiger partial charge in [0.05, 0.1) is 6.07 Å². The van der Waals surface area contributed by atoms with E-state index >= 15 is 0 Å². The van der Waals surface area contributed by atoms with Crippen LogP contribution in [0.2, 0.25) is 0 Å². The van der Waals surface area contributed by atoms with E-state index in [-0.39, 0.29) is 6.04 Å².